The van der Waals surface area contributed by atoms with Gasteiger partial charge in [-0.15, -0.1) is 0 Å². The molecule has 0 spiro atoms. The maximum atomic E-state index is 9.29. The highest BCUT2D eigenvalue weighted by Crippen LogP contribution is 2.30. The van der Waals surface area contributed by atoms with Crippen molar-refractivity contribution >= 4 is 5.69 Å². The summed E-state index contributed by atoms with van der Waals surface area (Å²) in [6.45, 7) is 5.72. The van der Waals surface area contributed by atoms with E-state index in [9.17, 15) is 5.26 Å². The third-order valence-corrected chi connectivity index (χ3v) is 3.57. The summed E-state index contributed by atoms with van der Waals surface area (Å²) in [5.74, 6) is 0.781. The summed E-state index contributed by atoms with van der Waals surface area (Å²) in [5, 5.41) is 9.29. The molecule has 1 fully saturated rings. The number of nitriles is 1. The van der Waals surface area contributed by atoms with E-state index in [0.717, 1.165) is 24.4 Å². The van der Waals surface area contributed by atoms with Gasteiger partial charge in [0.25, 0.3) is 0 Å². The Labute approximate surface area is 114 Å². The van der Waals surface area contributed by atoms with Gasteiger partial charge in [0.05, 0.1) is 37.1 Å². The molecule has 1 saturated heterocycles. The Morgan fingerprint density at radius 1 is 1.53 bits per heavy atom. The highest BCUT2D eigenvalue weighted by Gasteiger charge is 2.27. The van der Waals surface area contributed by atoms with Gasteiger partial charge < -0.3 is 14.4 Å². The lowest BCUT2D eigenvalue weighted by atomic mass is 10.1. The summed E-state index contributed by atoms with van der Waals surface area (Å²) in [7, 11) is 1.64. The number of nitrogens with zero attached hydrogens (tertiary/aromatic N) is 2. The van der Waals surface area contributed by atoms with Gasteiger partial charge in [-0.05, 0) is 25.5 Å². The number of methoxy groups -OCH3 is 1. The Bertz CT molecular complexity index is 482. The summed E-state index contributed by atoms with van der Waals surface area (Å²) in [6, 6.07) is 8.17. The molecule has 0 bridgehead atoms. The average Bonchev–Trinajstić information content (AvgIpc) is 2.46. The molecule has 19 heavy (non-hydrogen) atoms. The van der Waals surface area contributed by atoms with E-state index in [4.69, 9.17) is 9.47 Å². The third-order valence-electron chi connectivity index (χ3n) is 3.57. The number of benzene rings is 1. The Hall–Kier alpha value is -1.73. The van der Waals surface area contributed by atoms with Gasteiger partial charge in [0, 0.05) is 12.6 Å². The second-order valence-corrected chi connectivity index (χ2v) is 4.85. The van der Waals surface area contributed by atoms with Crippen molar-refractivity contribution in [2.45, 2.75) is 32.4 Å². The Morgan fingerprint density at radius 3 is 2.95 bits per heavy atom. The molecule has 4 heteroatoms. The van der Waals surface area contributed by atoms with Crippen LogP contribution in [0.15, 0.2) is 18.2 Å². The van der Waals surface area contributed by atoms with Gasteiger partial charge in [-0.3, -0.25) is 0 Å². The number of rotatable bonds is 3. The molecule has 0 saturated carbocycles. The maximum absolute atomic E-state index is 9.29. The molecule has 1 heterocycles. The second-order valence-electron chi connectivity index (χ2n) is 4.85. The minimum Gasteiger partial charge on any atom is -0.497 e. The van der Waals surface area contributed by atoms with Crippen LogP contribution in [0, 0.1) is 11.3 Å². The standard InChI is InChI=1S/C15H20N2O2/c1-4-13-10-19-11(2)9-17(13)15-7-14(18-3)6-5-12(15)8-16/h5-7,11,13H,4,9-10H2,1-3H3. The smallest absolute Gasteiger partial charge is 0.121 e. The zero-order valence-electron chi connectivity index (χ0n) is 11.7. The number of hydrogen-bond donors (Lipinski definition) is 0. The van der Waals surface area contributed by atoms with Crippen LogP contribution in [-0.2, 0) is 4.74 Å². The zero-order chi connectivity index (χ0) is 13.8. The highest BCUT2D eigenvalue weighted by atomic mass is 16.5. The first-order chi connectivity index (χ1) is 9.19. The molecule has 1 aromatic rings. The van der Waals surface area contributed by atoms with E-state index >= 15 is 0 Å². The largest absolute Gasteiger partial charge is 0.497 e. The number of ether oxygens (including phenoxy) is 2. The molecule has 0 N–H and O–H groups in total. The summed E-state index contributed by atoms with van der Waals surface area (Å²) < 4.78 is 11.0. The van der Waals surface area contributed by atoms with Crippen LogP contribution < -0.4 is 9.64 Å². The minimum atomic E-state index is 0.181. The number of hydrogen-bond acceptors (Lipinski definition) is 4. The second kappa shape index (κ2) is 5.94. The normalized spacial score (nSPS) is 22.9. The quantitative estimate of drug-likeness (QED) is 0.838. The van der Waals surface area contributed by atoms with Gasteiger partial charge in [-0.25, -0.2) is 0 Å². The van der Waals surface area contributed by atoms with Crippen LogP contribution in [0.25, 0.3) is 0 Å². The van der Waals surface area contributed by atoms with Crippen molar-refractivity contribution in [3.05, 3.63) is 23.8 Å². The van der Waals surface area contributed by atoms with Crippen molar-refractivity contribution in [1.29, 1.82) is 5.26 Å². The zero-order valence-corrected chi connectivity index (χ0v) is 11.7. The Morgan fingerprint density at radius 2 is 2.32 bits per heavy atom. The van der Waals surface area contributed by atoms with E-state index in [1.807, 2.05) is 18.2 Å². The van der Waals surface area contributed by atoms with Crippen molar-refractivity contribution in [2.75, 3.05) is 25.2 Å². The van der Waals surface area contributed by atoms with Crippen LogP contribution >= 0.6 is 0 Å². The predicted molar refractivity (Wildman–Crippen MR) is 74.5 cm³/mol. The van der Waals surface area contributed by atoms with Crippen LogP contribution in [0.4, 0.5) is 5.69 Å². The molecule has 0 radical (unpaired) electrons. The molecule has 1 aliphatic heterocycles. The molecule has 1 aromatic carbocycles. The van der Waals surface area contributed by atoms with Crippen LogP contribution in [0.1, 0.15) is 25.8 Å². The Kier molecular flexibility index (Phi) is 4.28. The van der Waals surface area contributed by atoms with E-state index < -0.39 is 0 Å². The van der Waals surface area contributed by atoms with Crippen LogP contribution in [0.3, 0.4) is 0 Å². The van der Waals surface area contributed by atoms with Crippen molar-refractivity contribution in [3.63, 3.8) is 0 Å². The van der Waals surface area contributed by atoms with Gasteiger partial charge in [-0.1, -0.05) is 6.92 Å². The van der Waals surface area contributed by atoms with Gasteiger partial charge in [-0.2, -0.15) is 5.26 Å². The molecule has 2 unspecified atom stereocenters. The molecule has 0 amide bonds. The topological polar surface area (TPSA) is 45.5 Å². The van der Waals surface area contributed by atoms with Crippen molar-refractivity contribution in [2.24, 2.45) is 0 Å². The first-order valence-electron chi connectivity index (χ1n) is 6.66. The fourth-order valence-corrected chi connectivity index (χ4v) is 2.45. The van der Waals surface area contributed by atoms with E-state index in [2.05, 4.69) is 24.8 Å². The fourth-order valence-electron chi connectivity index (χ4n) is 2.45. The summed E-state index contributed by atoms with van der Waals surface area (Å²) >= 11 is 0. The van der Waals surface area contributed by atoms with E-state index in [1.165, 1.54) is 0 Å². The third kappa shape index (κ3) is 2.82. The van der Waals surface area contributed by atoms with Crippen molar-refractivity contribution in [1.82, 2.24) is 0 Å². The number of anilines is 1. The molecule has 1 aliphatic rings. The lowest BCUT2D eigenvalue weighted by Crippen LogP contribution is -2.49. The molecule has 0 aliphatic carbocycles. The first-order valence-corrected chi connectivity index (χ1v) is 6.66. The highest BCUT2D eigenvalue weighted by molar-refractivity contribution is 5.63. The first kappa shape index (κ1) is 13.7. The fraction of sp³-hybridized carbons (Fsp3) is 0.533. The number of morpholine rings is 1. The van der Waals surface area contributed by atoms with E-state index in [-0.39, 0.29) is 6.10 Å². The molecule has 2 atom stereocenters. The monoisotopic (exact) mass is 260 g/mol. The van der Waals surface area contributed by atoms with Crippen molar-refractivity contribution in [3.8, 4) is 11.8 Å². The Balaban J connectivity index is 2.39. The lowest BCUT2D eigenvalue weighted by molar-refractivity contribution is 0.0299. The predicted octanol–water partition coefficient (Wildman–Crippen LogP) is 2.57. The lowest BCUT2D eigenvalue weighted by Gasteiger charge is -2.40. The summed E-state index contributed by atoms with van der Waals surface area (Å²) in [4.78, 5) is 2.27. The van der Waals surface area contributed by atoms with Crippen molar-refractivity contribution < 1.29 is 9.47 Å². The molecule has 4 nitrogen and oxygen atoms in total. The molecule has 2 rings (SSSR count). The molecular formula is C15H20N2O2. The van der Waals surface area contributed by atoms with Crippen LogP contribution in [-0.4, -0.2) is 32.4 Å². The van der Waals surface area contributed by atoms with Crippen LogP contribution in [0.5, 0.6) is 5.75 Å². The molecule has 102 valence electrons. The SMILES string of the molecule is CCC1COC(C)CN1c1cc(OC)ccc1C#N. The van der Waals surface area contributed by atoms with E-state index in [0.29, 0.717) is 18.2 Å². The summed E-state index contributed by atoms with van der Waals surface area (Å²) in [5.41, 5.74) is 1.64. The maximum Gasteiger partial charge on any atom is 0.121 e. The van der Waals surface area contributed by atoms with E-state index in [1.54, 1.807) is 7.11 Å². The van der Waals surface area contributed by atoms with Gasteiger partial charge in [0.15, 0.2) is 0 Å². The van der Waals surface area contributed by atoms with Gasteiger partial charge in [0.2, 0.25) is 0 Å². The minimum absolute atomic E-state index is 0.181. The molecular weight excluding hydrogens is 240 g/mol. The molecule has 0 aromatic heterocycles. The summed E-state index contributed by atoms with van der Waals surface area (Å²) in [6.07, 6.45) is 1.18. The van der Waals surface area contributed by atoms with Gasteiger partial charge >= 0.3 is 0 Å². The van der Waals surface area contributed by atoms with Gasteiger partial charge in [0.1, 0.15) is 11.8 Å². The van der Waals surface area contributed by atoms with Crippen LogP contribution in [0.2, 0.25) is 0 Å². The average molecular weight is 260 g/mol.